The summed E-state index contributed by atoms with van der Waals surface area (Å²) in [6.45, 7) is 3.77. The van der Waals surface area contributed by atoms with Crippen LogP contribution in [0.3, 0.4) is 0 Å². The number of aliphatic hydroxyl groups is 1. The van der Waals surface area contributed by atoms with E-state index in [0.29, 0.717) is 6.54 Å². The van der Waals surface area contributed by atoms with E-state index in [4.69, 9.17) is 16.6 Å². The van der Waals surface area contributed by atoms with Crippen molar-refractivity contribution in [2.24, 2.45) is 17.4 Å². The zero-order valence-corrected chi connectivity index (χ0v) is 5.39. The molecule has 0 saturated carbocycles. The van der Waals surface area contributed by atoms with E-state index < -0.39 is 5.72 Å². The zero-order chi connectivity index (χ0) is 6.78. The van der Waals surface area contributed by atoms with Crippen LogP contribution in [0.25, 0.3) is 0 Å². The topological polar surface area (TPSA) is 72.3 Å². The van der Waals surface area contributed by atoms with E-state index in [0.717, 1.165) is 0 Å². The highest BCUT2D eigenvalue weighted by Crippen LogP contribution is 2.06. The molecule has 8 heavy (non-hydrogen) atoms. The number of hydrogen-bond acceptors (Lipinski definition) is 3. The Kier molecular flexibility index (Phi) is 2.40. The first-order chi connectivity index (χ1) is 3.48. The van der Waals surface area contributed by atoms with E-state index in [1.54, 1.807) is 13.8 Å². The van der Waals surface area contributed by atoms with Gasteiger partial charge in [-0.25, -0.2) is 0 Å². The van der Waals surface area contributed by atoms with Gasteiger partial charge in [-0.15, -0.1) is 0 Å². The molecule has 2 unspecified atom stereocenters. The van der Waals surface area contributed by atoms with E-state index in [2.05, 4.69) is 0 Å². The Morgan fingerprint density at radius 1 is 1.75 bits per heavy atom. The Labute approximate surface area is 49.7 Å². The molecule has 0 aromatic heterocycles. The average Bonchev–Trinajstić information content (AvgIpc) is 1.62. The molecule has 0 aromatic carbocycles. The standard InChI is InChI=1S/C5H14N2O/c1-4(3-6)5(2,7)8/h4,8H,3,6-7H2,1-2H3. The lowest BCUT2D eigenvalue weighted by Crippen LogP contribution is -2.45. The largest absolute Gasteiger partial charge is 0.376 e. The smallest absolute Gasteiger partial charge is 0.114 e. The van der Waals surface area contributed by atoms with Crippen LogP contribution in [0.15, 0.2) is 0 Å². The Balaban J connectivity index is 3.62. The van der Waals surface area contributed by atoms with Crippen molar-refractivity contribution in [3.63, 3.8) is 0 Å². The quantitative estimate of drug-likeness (QED) is 0.418. The van der Waals surface area contributed by atoms with Gasteiger partial charge in [0.15, 0.2) is 0 Å². The van der Waals surface area contributed by atoms with Gasteiger partial charge in [0.25, 0.3) is 0 Å². The molecule has 0 aromatic rings. The van der Waals surface area contributed by atoms with Crippen LogP contribution in [0.2, 0.25) is 0 Å². The van der Waals surface area contributed by atoms with Gasteiger partial charge in [-0.3, -0.25) is 0 Å². The lowest BCUT2D eigenvalue weighted by Gasteiger charge is -2.23. The first-order valence-corrected chi connectivity index (χ1v) is 2.69. The third-order valence-corrected chi connectivity index (χ3v) is 1.35. The molecule has 5 N–H and O–H groups in total. The molecule has 0 spiro atoms. The molecule has 0 fully saturated rings. The second-order valence-corrected chi connectivity index (χ2v) is 2.36. The summed E-state index contributed by atoms with van der Waals surface area (Å²) in [6.07, 6.45) is 0. The second-order valence-electron chi connectivity index (χ2n) is 2.36. The van der Waals surface area contributed by atoms with E-state index in [1.807, 2.05) is 0 Å². The molecule has 50 valence electrons. The maximum atomic E-state index is 8.98. The Hall–Kier alpha value is -0.120. The average molecular weight is 118 g/mol. The van der Waals surface area contributed by atoms with E-state index in [-0.39, 0.29) is 5.92 Å². The van der Waals surface area contributed by atoms with Crippen LogP contribution in [-0.4, -0.2) is 17.4 Å². The summed E-state index contributed by atoms with van der Waals surface area (Å²) in [5.41, 5.74) is 9.37. The van der Waals surface area contributed by atoms with Crippen molar-refractivity contribution < 1.29 is 5.11 Å². The molecule has 0 aliphatic heterocycles. The van der Waals surface area contributed by atoms with Crippen molar-refractivity contribution in [1.29, 1.82) is 0 Å². The Bertz CT molecular complexity index is 67.3. The van der Waals surface area contributed by atoms with Crippen LogP contribution in [0, 0.1) is 5.92 Å². The van der Waals surface area contributed by atoms with Crippen molar-refractivity contribution >= 4 is 0 Å². The van der Waals surface area contributed by atoms with Gasteiger partial charge in [0.2, 0.25) is 0 Å². The third-order valence-electron chi connectivity index (χ3n) is 1.35. The molecule has 0 aliphatic rings. The zero-order valence-electron chi connectivity index (χ0n) is 5.39. The molecular weight excluding hydrogens is 104 g/mol. The normalized spacial score (nSPS) is 22.1. The minimum atomic E-state index is -1.12. The highest BCUT2D eigenvalue weighted by atomic mass is 16.3. The monoisotopic (exact) mass is 118 g/mol. The van der Waals surface area contributed by atoms with Crippen molar-refractivity contribution in [1.82, 2.24) is 0 Å². The van der Waals surface area contributed by atoms with Crippen LogP contribution in [0.1, 0.15) is 13.8 Å². The van der Waals surface area contributed by atoms with Gasteiger partial charge in [0.05, 0.1) is 0 Å². The first kappa shape index (κ1) is 7.88. The minimum absolute atomic E-state index is 0.0394. The van der Waals surface area contributed by atoms with Gasteiger partial charge in [-0.05, 0) is 13.5 Å². The molecule has 0 rings (SSSR count). The van der Waals surface area contributed by atoms with Crippen LogP contribution in [-0.2, 0) is 0 Å². The Morgan fingerprint density at radius 3 is 2.12 bits per heavy atom. The van der Waals surface area contributed by atoms with E-state index in [9.17, 15) is 0 Å². The van der Waals surface area contributed by atoms with Crippen LogP contribution >= 0.6 is 0 Å². The Morgan fingerprint density at radius 2 is 2.12 bits per heavy atom. The molecule has 0 amide bonds. The molecule has 0 heterocycles. The molecule has 0 bridgehead atoms. The SMILES string of the molecule is CC(CN)C(C)(N)O. The van der Waals surface area contributed by atoms with Gasteiger partial charge >= 0.3 is 0 Å². The van der Waals surface area contributed by atoms with Crippen molar-refractivity contribution in [3.05, 3.63) is 0 Å². The molecule has 3 heteroatoms. The predicted molar refractivity (Wildman–Crippen MR) is 33.0 cm³/mol. The van der Waals surface area contributed by atoms with E-state index >= 15 is 0 Å². The third kappa shape index (κ3) is 2.26. The minimum Gasteiger partial charge on any atom is -0.376 e. The highest BCUT2D eigenvalue weighted by molar-refractivity contribution is 4.71. The molecule has 0 radical (unpaired) electrons. The predicted octanol–water partition coefficient (Wildman–Crippen LogP) is -0.752. The fraction of sp³-hybridized carbons (Fsp3) is 1.00. The van der Waals surface area contributed by atoms with E-state index in [1.165, 1.54) is 0 Å². The second kappa shape index (κ2) is 2.44. The highest BCUT2D eigenvalue weighted by Gasteiger charge is 2.20. The summed E-state index contributed by atoms with van der Waals surface area (Å²) in [4.78, 5) is 0. The summed E-state index contributed by atoms with van der Waals surface area (Å²) in [6, 6.07) is 0. The number of hydrogen-bond donors (Lipinski definition) is 3. The summed E-state index contributed by atoms with van der Waals surface area (Å²) in [7, 11) is 0. The van der Waals surface area contributed by atoms with Crippen molar-refractivity contribution in [3.8, 4) is 0 Å². The molecule has 0 aliphatic carbocycles. The lowest BCUT2D eigenvalue weighted by atomic mass is 10.0. The lowest BCUT2D eigenvalue weighted by molar-refractivity contribution is 0.0162. The van der Waals surface area contributed by atoms with Crippen LogP contribution < -0.4 is 11.5 Å². The maximum Gasteiger partial charge on any atom is 0.114 e. The van der Waals surface area contributed by atoms with Gasteiger partial charge < -0.3 is 16.6 Å². The van der Waals surface area contributed by atoms with Crippen molar-refractivity contribution in [2.45, 2.75) is 19.6 Å². The fourth-order valence-electron chi connectivity index (χ4n) is 0.239. The van der Waals surface area contributed by atoms with Crippen LogP contribution in [0.4, 0.5) is 0 Å². The van der Waals surface area contributed by atoms with Gasteiger partial charge in [-0.2, -0.15) is 0 Å². The summed E-state index contributed by atoms with van der Waals surface area (Å²) < 4.78 is 0. The molecular formula is C5H14N2O. The van der Waals surface area contributed by atoms with Crippen molar-refractivity contribution in [2.75, 3.05) is 6.54 Å². The fourth-order valence-corrected chi connectivity index (χ4v) is 0.239. The van der Waals surface area contributed by atoms with Gasteiger partial charge in [0.1, 0.15) is 5.72 Å². The number of rotatable bonds is 2. The molecule has 0 saturated heterocycles. The summed E-state index contributed by atoms with van der Waals surface area (Å²) in [5.74, 6) is -0.0394. The first-order valence-electron chi connectivity index (χ1n) is 2.69. The summed E-state index contributed by atoms with van der Waals surface area (Å²) >= 11 is 0. The summed E-state index contributed by atoms with van der Waals surface area (Å²) in [5, 5.41) is 8.98. The van der Waals surface area contributed by atoms with Crippen LogP contribution in [0.5, 0.6) is 0 Å². The number of nitrogens with two attached hydrogens (primary N) is 2. The molecule has 2 atom stereocenters. The molecule has 3 nitrogen and oxygen atoms in total. The van der Waals surface area contributed by atoms with Gasteiger partial charge in [-0.1, -0.05) is 6.92 Å². The van der Waals surface area contributed by atoms with Gasteiger partial charge in [0, 0.05) is 5.92 Å². The maximum absolute atomic E-state index is 8.98.